The third-order valence-corrected chi connectivity index (χ3v) is 7.71. The minimum atomic E-state index is -0.594. The number of hydrogen-bond donors (Lipinski definition) is 2. The van der Waals surface area contributed by atoms with E-state index in [2.05, 4.69) is 10.6 Å². The molecular formula is C34H38N6O8. The Bertz CT molecular complexity index is 1780. The van der Waals surface area contributed by atoms with Gasteiger partial charge >= 0.3 is 0 Å². The van der Waals surface area contributed by atoms with Crippen LogP contribution >= 0.6 is 0 Å². The van der Waals surface area contributed by atoms with Crippen LogP contribution in [0.5, 0.6) is 28.7 Å². The first-order chi connectivity index (χ1) is 23.3. The largest absolute Gasteiger partial charge is 0.493 e. The monoisotopic (exact) mass is 658 g/mol. The number of carbonyl (C=O) groups excluding carboxylic acids is 3. The van der Waals surface area contributed by atoms with Crippen LogP contribution in [0.25, 0.3) is 11.4 Å². The normalized spacial score (nSPS) is 15.6. The lowest BCUT2D eigenvalue weighted by molar-refractivity contribution is -0.122. The highest BCUT2D eigenvalue weighted by atomic mass is 16.5. The zero-order chi connectivity index (χ0) is 34.2. The second-order valence-electron chi connectivity index (χ2n) is 10.8. The third-order valence-electron chi connectivity index (χ3n) is 7.71. The summed E-state index contributed by atoms with van der Waals surface area (Å²) in [5.41, 5.74) is 1.28. The predicted octanol–water partition coefficient (Wildman–Crippen LogP) is 3.12. The standard InChI is InChI=1S/C34H38N6O8/c1-21-32-37-31(22-9-7-6-8-10-22)38-40(32)17-18-48-27-19-23(11-13-25(27)44-2)33(42)35-15-16-39(20-28(41)36-21)34(43)24-12-14-26(45-3)30(47-5)29(24)46-4/h6-14,19,21H,15-18,20H2,1-5H3,(H,35,42)(H,36,41)/t21-/m1/s1. The molecule has 0 spiro atoms. The maximum atomic E-state index is 14.0. The van der Waals surface area contributed by atoms with Gasteiger partial charge in [-0.25, -0.2) is 9.67 Å². The highest BCUT2D eigenvalue weighted by Gasteiger charge is 2.28. The molecule has 3 amide bonds. The van der Waals surface area contributed by atoms with E-state index in [4.69, 9.17) is 33.8 Å². The predicted molar refractivity (Wildman–Crippen MR) is 175 cm³/mol. The van der Waals surface area contributed by atoms with Gasteiger partial charge in [-0.15, -0.1) is 0 Å². The molecule has 14 nitrogen and oxygen atoms in total. The topological polar surface area (TPSA) is 155 Å². The summed E-state index contributed by atoms with van der Waals surface area (Å²) in [5.74, 6) is 1.19. The number of ether oxygens (including phenoxy) is 5. The highest BCUT2D eigenvalue weighted by Crippen LogP contribution is 2.40. The van der Waals surface area contributed by atoms with Gasteiger partial charge in [0.1, 0.15) is 12.4 Å². The average molecular weight is 659 g/mol. The van der Waals surface area contributed by atoms with Gasteiger partial charge < -0.3 is 39.2 Å². The van der Waals surface area contributed by atoms with E-state index in [-0.39, 0.29) is 49.8 Å². The lowest BCUT2D eigenvalue weighted by Crippen LogP contribution is -2.45. The van der Waals surface area contributed by atoms with E-state index in [9.17, 15) is 14.4 Å². The third kappa shape index (κ3) is 7.27. The van der Waals surface area contributed by atoms with Crippen LogP contribution in [0.1, 0.15) is 39.5 Å². The number of carbonyl (C=O) groups is 3. The molecule has 0 unspecified atom stereocenters. The SMILES string of the molecule is COc1ccc2cc1OCCn1nc(-c3ccccc3)nc1[C@@H](C)NC(=O)CN(C(=O)c1ccc(OC)c(OC)c1OC)CCNC2=O. The molecule has 2 heterocycles. The average Bonchev–Trinajstić information content (AvgIpc) is 3.54. The molecule has 2 bridgehead atoms. The minimum absolute atomic E-state index is 0.00226. The molecule has 0 saturated carbocycles. The summed E-state index contributed by atoms with van der Waals surface area (Å²) in [6.45, 7) is 1.95. The van der Waals surface area contributed by atoms with E-state index in [0.29, 0.717) is 34.5 Å². The van der Waals surface area contributed by atoms with Crippen LogP contribution in [0.4, 0.5) is 0 Å². The Labute approximate surface area is 277 Å². The molecule has 1 atom stereocenters. The van der Waals surface area contributed by atoms with Crippen molar-refractivity contribution < 1.29 is 38.1 Å². The van der Waals surface area contributed by atoms with Gasteiger partial charge in [-0.1, -0.05) is 30.3 Å². The van der Waals surface area contributed by atoms with E-state index in [1.54, 1.807) is 35.9 Å². The molecule has 2 N–H and O–H groups in total. The number of rotatable bonds is 6. The fraction of sp³-hybridized carbons (Fsp3) is 0.324. The molecule has 48 heavy (non-hydrogen) atoms. The smallest absolute Gasteiger partial charge is 0.258 e. The number of fused-ring (bicyclic) bond motifs is 3. The lowest BCUT2D eigenvalue weighted by Gasteiger charge is -2.25. The number of nitrogens with zero attached hydrogens (tertiary/aromatic N) is 4. The first-order valence-corrected chi connectivity index (χ1v) is 15.2. The van der Waals surface area contributed by atoms with Gasteiger partial charge in [0.15, 0.2) is 28.8 Å². The van der Waals surface area contributed by atoms with Gasteiger partial charge in [0.25, 0.3) is 11.8 Å². The fourth-order valence-corrected chi connectivity index (χ4v) is 5.35. The number of hydrogen-bond acceptors (Lipinski definition) is 10. The summed E-state index contributed by atoms with van der Waals surface area (Å²) in [4.78, 5) is 46.8. The van der Waals surface area contributed by atoms with Crippen LogP contribution in [0.15, 0.2) is 60.7 Å². The van der Waals surface area contributed by atoms with Crippen molar-refractivity contribution in [2.45, 2.75) is 19.5 Å². The van der Waals surface area contributed by atoms with Gasteiger partial charge in [-0.3, -0.25) is 14.4 Å². The Hall–Kier alpha value is -5.79. The molecule has 3 aromatic carbocycles. The van der Waals surface area contributed by atoms with Crippen molar-refractivity contribution in [3.63, 3.8) is 0 Å². The van der Waals surface area contributed by atoms with E-state index < -0.39 is 23.8 Å². The van der Waals surface area contributed by atoms with Crippen molar-refractivity contribution in [1.82, 2.24) is 30.3 Å². The van der Waals surface area contributed by atoms with Crippen molar-refractivity contribution in [2.24, 2.45) is 0 Å². The zero-order valence-electron chi connectivity index (χ0n) is 27.4. The Kier molecular flexibility index (Phi) is 10.6. The van der Waals surface area contributed by atoms with Crippen LogP contribution in [-0.2, 0) is 11.3 Å². The number of methoxy groups -OCH3 is 4. The first-order valence-electron chi connectivity index (χ1n) is 15.2. The summed E-state index contributed by atoms with van der Waals surface area (Å²) in [5, 5.41) is 10.5. The quantitative estimate of drug-likeness (QED) is 0.316. The Morgan fingerprint density at radius 1 is 0.875 bits per heavy atom. The molecule has 0 aliphatic carbocycles. The van der Waals surface area contributed by atoms with Gasteiger partial charge in [0, 0.05) is 24.2 Å². The summed E-state index contributed by atoms with van der Waals surface area (Å²) in [6, 6.07) is 16.9. The van der Waals surface area contributed by atoms with Crippen LogP contribution in [0.2, 0.25) is 0 Å². The van der Waals surface area contributed by atoms with Crippen LogP contribution in [0.3, 0.4) is 0 Å². The number of nitrogens with one attached hydrogen (secondary N) is 2. The van der Waals surface area contributed by atoms with Crippen molar-refractivity contribution in [1.29, 1.82) is 0 Å². The van der Waals surface area contributed by atoms with Gasteiger partial charge in [-0.05, 0) is 37.3 Å². The Morgan fingerprint density at radius 2 is 1.60 bits per heavy atom. The Balaban J connectivity index is 1.51. The van der Waals surface area contributed by atoms with Crippen LogP contribution < -0.4 is 34.3 Å². The first kappa shape index (κ1) is 33.6. The number of amides is 3. The van der Waals surface area contributed by atoms with Gasteiger partial charge in [-0.2, -0.15) is 5.10 Å². The summed E-state index contributed by atoms with van der Waals surface area (Å²) >= 11 is 0. The summed E-state index contributed by atoms with van der Waals surface area (Å²) in [6.07, 6.45) is 0. The van der Waals surface area contributed by atoms with Gasteiger partial charge in [0.05, 0.1) is 53.1 Å². The molecule has 1 aliphatic heterocycles. The van der Waals surface area contributed by atoms with E-state index in [0.717, 1.165) is 5.56 Å². The molecule has 0 fully saturated rings. The number of benzene rings is 3. The number of aromatic nitrogens is 3. The fourth-order valence-electron chi connectivity index (χ4n) is 5.35. The summed E-state index contributed by atoms with van der Waals surface area (Å²) < 4.78 is 29.6. The molecule has 5 rings (SSSR count). The maximum Gasteiger partial charge on any atom is 0.258 e. The molecule has 4 aromatic rings. The van der Waals surface area contributed by atoms with Crippen molar-refractivity contribution in [3.8, 4) is 40.1 Å². The van der Waals surface area contributed by atoms with Crippen molar-refractivity contribution in [3.05, 3.63) is 77.6 Å². The molecule has 0 saturated heterocycles. The molecule has 14 heteroatoms. The summed E-state index contributed by atoms with van der Waals surface area (Å²) in [7, 11) is 5.84. The second-order valence-corrected chi connectivity index (χ2v) is 10.8. The van der Waals surface area contributed by atoms with Crippen LogP contribution in [-0.4, -0.2) is 92.1 Å². The van der Waals surface area contributed by atoms with E-state index in [1.807, 2.05) is 30.3 Å². The molecule has 1 aliphatic rings. The molecule has 0 radical (unpaired) electrons. The maximum absolute atomic E-state index is 14.0. The minimum Gasteiger partial charge on any atom is -0.493 e. The lowest BCUT2D eigenvalue weighted by atomic mass is 10.1. The van der Waals surface area contributed by atoms with Gasteiger partial charge in [0.2, 0.25) is 11.7 Å². The molecule has 1 aromatic heterocycles. The zero-order valence-corrected chi connectivity index (χ0v) is 27.4. The van der Waals surface area contributed by atoms with E-state index >= 15 is 0 Å². The molecule has 252 valence electrons. The van der Waals surface area contributed by atoms with Crippen molar-refractivity contribution in [2.75, 3.05) is 54.7 Å². The van der Waals surface area contributed by atoms with E-state index in [1.165, 1.54) is 39.4 Å². The second kappa shape index (κ2) is 15.2. The molecular weight excluding hydrogens is 620 g/mol. The van der Waals surface area contributed by atoms with Crippen molar-refractivity contribution >= 4 is 17.7 Å². The van der Waals surface area contributed by atoms with Crippen LogP contribution in [0, 0.1) is 0 Å². The highest BCUT2D eigenvalue weighted by molar-refractivity contribution is 6.00. The Morgan fingerprint density at radius 3 is 2.31 bits per heavy atom.